The van der Waals surface area contributed by atoms with Crippen LogP contribution in [0, 0.1) is 6.92 Å². The van der Waals surface area contributed by atoms with Gasteiger partial charge in [0, 0.05) is 17.1 Å². The van der Waals surface area contributed by atoms with Crippen LogP contribution in [0.3, 0.4) is 0 Å². The third-order valence-electron chi connectivity index (χ3n) is 6.14. The van der Waals surface area contributed by atoms with Gasteiger partial charge in [0.2, 0.25) is 11.7 Å². The summed E-state index contributed by atoms with van der Waals surface area (Å²) in [6.07, 6.45) is 0. The predicted molar refractivity (Wildman–Crippen MR) is 159 cm³/mol. The normalized spacial score (nSPS) is 14.5. The molecule has 0 saturated heterocycles. The van der Waals surface area contributed by atoms with E-state index in [1.807, 2.05) is 68.4 Å². The highest BCUT2D eigenvalue weighted by Gasteiger charge is 2.31. The number of rotatable bonds is 9. The molecule has 208 valence electrons. The quantitative estimate of drug-likeness (QED) is 0.326. The summed E-state index contributed by atoms with van der Waals surface area (Å²) in [6, 6.07) is 19.7. The molecule has 9 nitrogen and oxygen atoms in total. The van der Waals surface area contributed by atoms with Crippen LogP contribution in [0.25, 0.3) is 0 Å². The molecule has 40 heavy (non-hydrogen) atoms. The zero-order valence-corrected chi connectivity index (χ0v) is 23.8. The first kappa shape index (κ1) is 28.6. The zero-order chi connectivity index (χ0) is 28.6. The van der Waals surface area contributed by atoms with Crippen LogP contribution in [-0.2, 0) is 9.59 Å². The molecule has 2 amide bonds. The van der Waals surface area contributed by atoms with E-state index in [-0.39, 0.29) is 17.6 Å². The van der Waals surface area contributed by atoms with Crippen molar-refractivity contribution in [1.29, 1.82) is 0 Å². The lowest BCUT2D eigenvalue weighted by molar-refractivity contribution is -0.114. The number of aliphatic imine (C=N–C) groups is 1. The fraction of sp³-hybridized carbons (Fsp3) is 0.233. The number of nitrogens with one attached hydrogen (secondary N) is 3. The molecule has 1 aliphatic heterocycles. The minimum Gasteiger partial charge on any atom is -0.493 e. The van der Waals surface area contributed by atoms with Crippen LogP contribution in [0.5, 0.6) is 17.2 Å². The molecule has 1 heterocycles. The molecule has 0 spiro atoms. The van der Waals surface area contributed by atoms with Gasteiger partial charge in [0.15, 0.2) is 16.7 Å². The number of hydrogen-bond acceptors (Lipinski definition) is 8. The first-order valence-corrected chi connectivity index (χ1v) is 13.5. The summed E-state index contributed by atoms with van der Waals surface area (Å²) in [4.78, 5) is 31.1. The second kappa shape index (κ2) is 13.1. The summed E-state index contributed by atoms with van der Waals surface area (Å²) < 4.78 is 16.6. The summed E-state index contributed by atoms with van der Waals surface area (Å²) in [5.74, 6) is 0.972. The molecule has 0 fully saturated rings. The van der Waals surface area contributed by atoms with Gasteiger partial charge in [-0.15, -0.1) is 0 Å². The summed E-state index contributed by atoms with van der Waals surface area (Å²) >= 11 is 1.25. The Morgan fingerprint density at radius 3 is 2.17 bits per heavy atom. The SMILES string of the molecule is COc1cc([C@@H]2N=C(SCC(=O)Nc3cccc(C)c3)NC(C)=C2C(=O)Nc2ccccc2)cc(OC)c1OC. The summed E-state index contributed by atoms with van der Waals surface area (Å²) in [6.45, 7) is 3.78. The Bertz CT molecular complexity index is 1430. The van der Waals surface area contributed by atoms with Gasteiger partial charge >= 0.3 is 0 Å². The van der Waals surface area contributed by atoms with E-state index < -0.39 is 6.04 Å². The number of carbonyl (C=O) groups excluding carboxylic acids is 2. The first-order chi connectivity index (χ1) is 19.3. The van der Waals surface area contributed by atoms with E-state index in [1.54, 1.807) is 12.1 Å². The van der Waals surface area contributed by atoms with Crippen molar-refractivity contribution >= 4 is 40.1 Å². The van der Waals surface area contributed by atoms with Gasteiger partial charge in [-0.1, -0.05) is 42.1 Å². The van der Waals surface area contributed by atoms with Crippen molar-refractivity contribution in [2.75, 3.05) is 37.7 Å². The molecular weight excluding hydrogens is 528 g/mol. The molecule has 3 aromatic rings. The number of thioether (sulfide) groups is 1. The topological polar surface area (TPSA) is 110 Å². The third-order valence-corrected chi connectivity index (χ3v) is 7.03. The molecule has 3 N–H and O–H groups in total. The number of ether oxygens (including phenoxy) is 3. The Morgan fingerprint density at radius 2 is 1.55 bits per heavy atom. The van der Waals surface area contributed by atoms with Crippen molar-refractivity contribution in [1.82, 2.24) is 5.32 Å². The van der Waals surface area contributed by atoms with E-state index in [4.69, 9.17) is 19.2 Å². The van der Waals surface area contributed by atoms with E-state index in [2.05, 4.69) is 16.0 Å². The number of hydrogen-bond donors (Lipinski definition) is 3. The van der Waals surface area contributed by atoms with Crippen LogP contribution in [0.4, 0.5) is 11.4 Å². The van der Waals surface area contributed by atoms with Gasteiger partial charge in [0.25, 0.3) is 5.91 Å². The second-order valence-electron chi connectivity index (χ2n) is 8.99. The average molecular weight is 561 g/mol. The van der Waals surface area contributed by atoms with Gasteiger partial charge in [-0.25, -0.2) is 4.99 Å². The van der Waals surface area contributed by atoms with E-state index in [9.17, 15) is 9.59 Å². The Balaban J connectivity index is 1.64. The third kappa shape index (κ3) is 6.76. The van der Waals surface area contributed by atoms with Crippen molar-refractivity contribution in [3.63, 3.8) is 0 Å². The van der Waals surface area contributed by atoms with E-state index in [0.717, 1.165) is 11.3 Å². The lowest BCUT2D eigenvalue weighted by Crippen LogP contribution is -2.32. The number of allylic oxidation sites excluding steroid dienone is 1. The molecule has 0 radical (unpaired) electrons. The molecule has 0 bridgehead atoms. The Labute approximate surface area is 238 Å². The van der Waals surface area contributed by atoms with Gasteiger partial charge in [0.1, 0.15) is 6.04 Å². The van der Waals surface area contributed by atoms with E-state index in [0.29, 0.717) is 44.9 Å². The van der Waals surface area contributed by atoms with Gasteiger partial charge in [-0.05, 0) is 61.4 Å². The first-order valence-electron chi connectivity index (χ1n) is 12.5. The smallest absolute Gasteiger partial charge is 0.255 e. The van der Waals surface area contributed by atoms with Gasteiger partial charge in [-0.3, -0.25) is 9.59 Å². The van der Waals surface area contributed by atoms with Crippen molar-refractivity contribution in [3.05, 3.63) is 89.1 Å². The molecule has 0 aliphatic carbocycles. The summed E-state index contributed by atoms with van der Waals surface area (Å²) in [5.41, 5.74) is 4.15. The minimum atomic E-state index is -0.707. The number of methoxy groups -OCH3 is 3. The lowest BCUT2D eigenvalue weighted by atomic mass is 9.95. The maximum absolute atomic E-state index is 13.6. The number of amides is 2. The van der Waals surface area contributed by atoms with Gasteiger partial charge in [0.05, 0.1) is 32.7 Å². The number of para-hydroxylation sites is 1. The van der Waals surface area contributed by atoms with Crippen LogP contribution in [-0.4, -0.2) is 44.1 Å². The van der Waals surface area contributed by atoms with Crippen molar-refractivity contribution < 1.29 is 23.8 Å². The maximum Gasteiger partial charge on any atom is 0.255 e. The monoisotopic (exact) mass is 560 g/mol. The zero-order valence-electron chi connectivity index (χ0n) is 23.0. The molecule has 0 saturated carbocycles. The Morgan fingerprint density at radius 1 is 0.875 bits per heavy atom. The van der Waals surface area contributed by atoms with Crippen LogP contribution in [0.2, 0.25) is 0 Å². The molecule has 3 aromatic carbocycles. The molecule has 1 aliphatic rings. The number of nitrogens with zero attached hydrogens (tertiary/aromatic N) is 1. The lowest BCUT2D eigenvalue weighted by Gasteiger charge is -2.27. The van der Waals surface area contributed by atoms with Crippen LogP contribution in [0.1, 0.15) is 24.1 Å². The molecule has 4 rings (SSSR count). The Hall–Kier alpha value is -4.44. The molecule has 1 atom stereocenters. The number of aryl methyl sites for hydroxylation is 1. The van der Waals surface area contributed by atoms with Crippen molar-refractivity contribution in [2.45, 2.75) is 19.9 Å². The Kier molecular flexibility index (Phi) is 9.34. The highest BCUT2D eigenvalue weighted by Crippen LogP contribution is 2.43. The maximum atomic E-state index is 13.6. The van der Waals surface area contributed by atoms with E-state index >= 15 is 0 Å². The number of amidine groups is 1. The van der Waals surface area contributed by atoms with Gasteiger partial charge < -0.3 is 30.2 Å². The predicted octanol–water partition coefficient (Wildman–Crippen LogP) is 5.31. The van der Waals surface area contributed by atoms with Crippen LogP contribution in [0.15, 0.2) is 83.0 Å². The van der Waals surface area contributed by atoms with Crippen LogP contribution < -0.4 is 30.2 Å². The number of anilines is 2. The van der Waals surface area contributed by atoms with E-state index in [1.165, 1.54) is 33.1 Å². The second-order valence-corrected chi connectivity index (χ2v) is 9.95. The number of benzene rings is 3. The standard InChI is InChI=1S/C30H32N4O5S/c1-18-10-9-13-22(14-18)32-25(35)17-40-30-31-19(2)26(29(36)33-21-11-7-6-8-12-21)27(34-30)20-15-23(37-3)28(39-5)24(16-20)38-4/h6-16,27H,17H2,1-5H3,(H,31,34)(H,32,35)(H,33,36)/t27-/m0/s1. The van der Waals surface area contributed by atoms with Gasteiger partial charge in [-0.2, -0.15) is 0 Å². The molecule has 0 aromatic heterocycles. The highest BCUT2D eigenvalue weighted by molar-refractivity contribution is 8.14. The average Bonchev–Trinajstić information content (AvgIpc) is 2.95. The molecule has 10 heteroatoms. The van der Waals surface area contributed by atoms with Crippen molar-refractivity contribution in [2.24, 2.45) is 4.99 Å². The fourth-order valence-corrected chi connectivity index (χ4v) is 5.03. The van der Waals surface area contributed by atoms with Crippen LogP contribution >= 0.6 is 11.8 Å². The fourth-order valence-electron chi connectivity index (χ4n) is 4.29. The summed E-state index contributed by atoms with van der Waals surface area (Å²) in [7, 11) is 4.60. The minimum absolute atomic E-state index is 0.126. The summed E-state index contributed by atoms with van der Waals surface area (Å²) in [5, 5.41) is 9.57. The largest absolute Gasteiger partial charge is 0.493 e. The molecule has 0 unspecified atom stereocenters. The highest BCUT2D eigenvalue weighted by atomic mass is 32.2. The molecular formula is C30H32N4O5S. The van der Waals surface area contributed by atoms with Crippen molar-refractivity contribution in [3.8, 4) is 17.2 Å². The number of carbonyl (C=O) groups is 2.